The molecule has 0 saturated carbocycles. The van der Waals surface area contributed by atoms with E-state index in [1.54, 1.807) is 36.4 Å². The number of anilines is 1. The Morgan fingerprint density at radius 2 is 1.88 bits per heavy atom. The van der Waals surface area contributed by atoms with Gasteiger partial charge in [-0.15, -0.1) is 0 Å². The normalized spacial score (nSPS) is 10.6. The van der Waals surface area contributed by atoms with Gasteiger partial charge in [0.15, 0.2) is 0 Å². The summed E-state index contributed by atoms with van der Waals surface area (Å²) in [4.78, 5) is 12.5. The van der Waals surface area contributed by atoms with Crippen molar-refractivity contribution in [3.8, 4) is 5.75 Å². The van der Waals surface area contributed by atoms with Gasteiger partial charge in [-0.1, -0.05) is 30.1 Å². The Morgan fingerprint density at radius 1 is 1.08 bits per heavy atom. The van der Waals surface area contributed by atoms with Crippen molar-refractivity contribution in [3.05, 3.63) is 57.6 Å². The van der Waals surface area contributed by atoms with Crippen LogP contribution in [-0.4, -0.2) is 19.1 Å². The van der Waals surface area contributed by atoms with Crippen LogP contribution in [0.4, 0.5) is 5.69 Å². The second kappa shape index (κ2) is 9.66. The highest BCUT2D eigenvalue weighted by Crippen LogP contribution is 2.26. The van der Waals surface area contributed by atoms with Gasteiger partial charge >= 0.3 is 0 Å². The Kier molecular flexibility index (Phi) is 7.56. The van der Waals surface area contributed by atoms with Crippen LogP contribution in [0.15, 0.2) is 36.4 Å². The fourth-order valence-corrected chi connectivity index (χ4v) is 2.53. The summed E-state index contributed by atoms with van der Waals surface area (Å²) in [5.74, 6) is 0.489. The third kappa shape index (κ3) is 5.63. The Bertz CT molecular complexity index is 735. The first-order valence-electron chi connectivity index (χ1n) is 8.15. The van der Waals surface area contributed by atoms with Crippen LogP contribution < -0.4 is 10.1 Å². The molecule has 0 unspecified atom stereocenters. The van der Waals surface area contributed by atoms with E-state index in [-0.39, 0.29) is 5.91 Å². The van der Waals surface area contributed by atoms with Crippen molar-refractivity contribution >= 4 is 34.8 Å². The van der Waals surface area contributed by atoms with E-state index in [9.17, 15) is 4.79 Å². The van der Waals surface area contributed by atoms with Gasteiger partial charge in [0.25, 0.3) is 5.91 Å². The van der Waals surface area contributed by atoms with Crippen LogP contribution in [0.3, 0.4) is 0 Å². The summed E-state index contributed by atoms with van der Waals surface area (Å²) < 4.78 is 11.2. The third-order valence-corrected chi connectivity index (χ3v) is 4.15. The molecule has 0 radical (unpaired) electrons. The summed E-state index contributed by atoms with van der Waals surface area (Å²) in [5.41, 5.74) is 1.94. The van der Waals surface area contributed by atoms with Crippen molar-refractivity contribution in [2.75, 3.05) is 18.5 Å². The second-order valence-corrected chi connectivity index (χ2v) is 6.21. The number of carbonyl (C=O) groups is 1. The highest BCUT2D eigenvalue weighted by molar-refractivity contribution is 6.42. The maximum atomic E-state index is 12.5. The predicted molar refractivity (Wildman–Crippen MR) is 102 cm³/mol. The third-order valence-electron chi connectivity index (χ3n) is 3.41. The van der Waals surface area contributed by atoms with Crippen molar-refractivity contribution in [1.82, 2.24) is 0 Å². The van der Waals surface area contributed by atoms with E-state index < -0.39 is 0 Å². The van der Waals surface area contributed by atoms with Gasteiger partial charge in [0.1, 0.15) is 5.75 Å². The molecule has 0 aliphatic carbocycles. The molecular weight excluding hydrogens is 361 g/mol. The molecular formula is C19H21Cl2NO3. The Morgan fingerprint density at radius 3 is 2.56 bits per heavy atom. The molecule has 4 nitrogen and oxygen atoms in total. The van der Waals surface area contributed by atoms with E-state index >= 15 is 0 Å². The summed E-state index contributed by atoms with van der Waals surface area (Å²) in [6.45, 7) is 5.57. The molecule has 0 spiro atoms. The summed E-state index contributed by atoms with van der Waals surface area (Å²) >= 11 is 11.9. The van der Waals surface area contributed by atoms with Gasteiger partial charge < -0.3 is 14.8 Å². The van der Waals surface area contributed by atoms with E-state index in [1.165, 1.54) is 0 Å². The standard InChI is InChI=1S/C19H21Cl2NO3/c1-3-9-24-12-14-10-13(5-8-18(14)25-4-2)19(23)22-15-6-7-16(20)17(21)11-15/h5-8,10-11H,3-4,9,12H2,1-2H3,(H,22,23). The van der Waals surface area contributed by atoms with Crippen LogP contribution in [0.5, 0.6) is 5.75 Å². The predicted octanol–water partition coefficient (Wildman–Crippen LogP) is 5.57. The van der Waals surface area contributed by atoms with E-state index in [2.05, 4.69) is 5.32 Å². The number of halogens is 2. The topological polar surface area (TPSA) is 47.6 Å². The number of carbonyl (C=O) groups excluding carboxylic acids is 1. The van der Waals surface area contributed by atoms with Gasteiger partial charge in [-0.2, -0.15) is 0 Å². The monoisotopic (exact) mass is 381 g/mol. The maximum absolute atomic E-state index is 12.5. The highest BCUT2D eigenvalue weighted by Gasteiger charge is 2.12. The number of benzene rings is 2. The molecule has 0 aliphatic rings. The molecule has 1 N–H and O–H groups in total. The molecule has 2 rings (SSSR count). The highest BCUT2D eigenvalue weighted by atomic mass is 35.5. The van der Waals surface area contributed by atoms with E-state index in [0.717, 1.165) is 17.7 Å². The number of rotatable bonds is 8. The number of hydrogen-bond acceptors (Lipinski definition) is 3. The van der Waals surface area contributed by atoms with Crippen molar-refractivity contribution in [2.24, 2.45) is 0 Å². The lowest BCUT2D eigenvalue weighted by Gasteiger charge is -2.13. The number of hydrogen-bond donors (Lipinski definition) is 1. The minimum absolute atomic E-state index is 0.238. The largest absolute Gasteiger partial charge is 0.494 e. The molecule has 0 saturated heterocycles. The van der Waals surface area contributed by atoms with Crippen LogP contribution in [-0.2, 0) is 11.3 Å². The zero-order valence-electron chi connectivity index (χ0n) is 14.3. The molecule has 1 amide bonds. The van der Waals surface area contributed by atoms with E-state index in [1.807, 2.05) is 13.8 Å². The van der Waals surface area contributed by atoms with Crippen LogP contribution in [0, 0.1) is 0 Å². The van der Waals surface area contributed by atoms with Crippen molar-refractivity contribution in [2.45, 2.75) is 26.9 Å². The molecule has 0 atom stereocenters. The lowest BCUT2D eigenvalue weighted by molar-refractivity contribution is 0.102. The van der Waals surface area contributed by atoms with Gasteiger partial charge in [0.05, 0.1) is 23.3 Å². The van der Waals surface area contributed by atoms with Crippen LogP contribution in [0.2, 0.25) is 10.0 Å². The SMILES string of the molecule is CCCOCc1cc(C(=O)Nc2ccc(Cl)c(Cl)c2)ccc1OCC. The van der Waals surface area contributed by atoms with Crippen molar-refractivity contribution in [1.29, 1.82) is 0 Å². The zero-order valence-corrected chi connectivity index (χ0v) is 15.8. The average molecular weight is 382 g/mol. The van der Waals surface area contributed by atoms with Gasteiger partial charge in [-0.3, -0.25) is 4.79 Å². The molecule has 0 aliphatic heterocycles. The first kappa shape index (κ1) is 19.6. The van der Waals surface area contributed by atoms with Crippen molar-refractivity contribution in [3.63, 3.8) is 0 Å². The molecule has 0 aromatic heterocycles. The zero-order chi connectivity index (χ0) is 18.2. The Hall–Kier alpha value is -1.75. The van der Waals surface area contributed by atoms with Crippen LogP contribution in [0.25, 0.3) is 0 Å². The van der Waals surface area contributed by atoms with Crippen LogP contribution in [0.1, 0.15) is 36.2 Å². The molecule has 6 heteroatoms. The van der Waals surface area contributed by atoms with E-state index in [4.69, 9.17) is 32.7 Å². The summed E-state index contributed by atoms with van der Waals surface area (Å²) in [5, 5.41) is 3.64. The summed E-state index contributed by atoms with van der Waals surface area (Å²) in [6, 6.07) is 10.3. The number of ether oxygens (including phenoxy) is 2. The lowest BCUT2D eigenvalue weighted by Crippen LogP contribution is -2.13. The number of amides is 1. The van der Waals surface area contributed by atoms with Crippen molar-refractivity contribution < 1.29 is 14.3 Å². The molecule has 134 valence electrons. The van der Waals surface area contributed by atoms with Gasteiger partial charge in [0, 0.05) is 23.4 Å². The summed E-state index contributed by atoms with van der Waals surface area (Å²) in [6.07, 6.45) is 0.932. The minimum atomic E-state index is -0.238. The van der Waals surface area contributed by atoms with Gasteiger partial charge in [-0.05, 0) is 49.7 Å². The fraction of sp³-hybridized carbons (Fsp3) is 0.316. The molecule has 0 heterocycles. The maximum Gasteiger partial charge on any atom is 0.255 e. The summed E-state index contributed by atoms with van der Waals surface area (Å²) in [7, 11) is 0. The Balaban J connectivity index is 2.17. The van der Waals surface area contributed by atoms with E-state index in [0.29, 0.717) is 41.1 Å². The first-order chi connectivity index (χ1) is 12.0. The van der Waals surface area contributed by atoms with Crippen LogP contribution >= 0.6 is 23.2 Å². The second-order valence-electron chi connectivity index (χ2n) is 5.39. The molecule has 2 aromatic carbocycles. The number of nitrogens with one attached hydrogen (secondary N) is 1. The molecule has 0 fully saturated rings. The smallest absolute Gasteiger partial charge is 0.255 e. The minimum Gasteiger partial charge on any atom is -0.494 e. The Labute approximate surface area is 158 Å². The average Bonchev–Trinajstić information content (AvgIpc) is 2.60. The molecule has 0 bridgehead atoms. The van der Waals surface area contributed by atoms with Gasteiger partial charge in [-0.25, -0.2) is 0 Å². The molecule has 2 aromatic rings. The first-order valence-corrected chi connectivity index (χ1v) is 8.90. The fourth-order valence-electron chi connectivity index (χ4n) is 2.23. The quantitative estimate of drug-likeness (QED) is 0.607. The van der Waals surface area contributed by atoms with Gasteiger partial charge in [0.2, 0.25) is 0 Å². The lowest BCUT2D eigenvalue weighted by atomic mass is 10.1. The molecule has 25 heavy (non-hydrogen) atoms.